The van der Waals surface area contributed by atoms with Gasteiger partial charge in [0.25, 0.3) is 0 Å². The van der Waals surface area contributed by atoms with Crippen molar-refractivity contribution < 1.29 is 14.7 Å². The van der Waals surface area contributed by atoms with E-state index >= 15 is 0 Å². The summed E-state index contributed by atoms with van der Waals surface area (Å²) in [7, 11) is 0. The van der Waals surface area contributed by atoms with E-state index in [1.54, 1.807) is 0 Å². The minimum Gasteiger partial charge on any atom is -0.394 e. The molecule has 0 spiro atoms. The largest absolute Gasteiger partial charge is 0.394 e. The third-order valence-electron chi connectivity index (χ3n) is 6.55. The van der Waals surface area contributed by atoms with Gasteiger partial charge in [0.2, 0.25) is 11.8 Å². The summed E-state index contributed by atoms with van der Waals surface area (Å²) in [4.78, 5) is 29.6. The molecule has 0 saturated carbocycles. The molecule has 2 heterocycles. The lowest BCUT2D eigenvalue weighted by atomic mass is 9.88. The van der Waals surface area contributed by atoms with E-state index in [-0.39, 0.29) is 31.9 Å². The predicted octanol–water partition coefficient (Wildman–Crippen LogP) is 4.99. The van der Waals surface area contributed by atoms with Crippen molar-refractivity contribution in [1.82, 2.24) is 10.2 Å². The fourth-order valence-electron chi connectivity index (χ4n) is 4.51. The summed E-state index contributed by atoms with van der Waals surface area (Å²) in [5, 5.41) is 12.5. The van der Waals surface area contributed by atoms with Crippen LogP contribution in [0, 0.1) is 5.41 Å². The molecule has 0 unspecified atom stereocenters. The number of carbonyl (C=O) groups excluding carboxylic acids is 2. The number of benzene rings is 2. The van der Waals surface area contributed by atoms with Crippen LogP contribution in [-0.4, -0.2) is 47.6 Å². The molecule has 1 saturated heterocycles. The van der Waals surface area contributed by atoms with Crippen molar-refractivity contribution in [3.63, 3.8) is 0 Å². The Morgan fingerprint density at radius 1 is 1.00 bits per heavy atom. The summed E-state index contributed by atoms with van der Waals surface area (Å²) < 4.78 is 0. The van der Waals surface area contributed by atoms with Crippen molar-refractivity contribution >= 4 is 42.6 Å². The molecule has 2 N–H and O–H groups in total. The second kappa shape index (κ2) is 11.7. The SMILES string of the molecule is CC(C)(C)C(=O)N[C@H](CO)CCC(=O)N1CCC(=C2c3ccccc3Sc3ccccc32)CC1.S. The van der Waals surface area contributed by atoms with E-state index in [1.165, 1.54) is 32.1 Å². The van der Waals surface area contributed by atoms with Crippen LogP contribution >= 0.6 is 25.3 Å². The number of piperidine rings is 1. The van der Waals surface area contributed by atoms with Gasteiger partial charge in [0.1, 0.15) is 0 Å². The molecule has 35 heavy (non-hydrogen) atoms. The Morgan fingerprint density at radius 3 is 2.06 bits per heavy atom. The smallest absolute Gasteiger partial charge is 0.225 e. The minimum atomic E-state index is -0.525. The van der Waals surface area contributed by atoms with Crippen molar-refractivity contribution in [2.75, 3.05) is 19.7 Å². The molecule has 2 amide bonds. The molecule has 7 heteroatoms. The summed E-state index contributed by atoms with van der Waals surface area (Å²) in [5.41, 5.74) is 4.81. The Bertz CT molecular complexity index is 1050. The molecular weight excluding hydrogens is 476 g/mol. The molecule has 0 aliphatic carbocycles. The molecular formula is C28H36N2O3S2. The highest BCUT2D eigenvalue weighted by Crippen LogP contribution is 2.47. The standard InChI is InChI=1S/C28H34N2O3S.H2S/c1-28(2,3)27(33)29-20(18-31)12-13-25(32)30-16-14-19(15-17-30)26-21-8-4-6-10-23(21)34-24-11-7-5-9-22(24)26;/h4-11,20,31H,12-18H2,1-3H3,(H,29,33);1H2/t20-;/m0./s1. The molecule has 4 rings (SSSR count). The van der Waals surface area contributed by atoms with Crippen molar-refractivity contribution in [2.45, 2.75) is 62.3 Å². The molecule has 0 bridgehead atoms. The summed E-state index contributed by atoms with van der Waals surface area (Å²) in [6.45, 7) is 6.75. The number of amides is 2. The zero-order chi connectivity index (χ0) is 24.3. The van der Waals surface area contributed by atoms with Crippen LogP contribution in [0.15, 0.2) is 63.9 Å². The van der Waals surface area contributed by atoms with Crippen LogP contribution in [0.4, 0.5) is 0 Å². The van der Waals surface area contributed by atoms with E-state index in [0.717, 1.165) is 12.8 Å². The molecule has 2 aromatic carbocycles. The van der Waals surface area contributed by atoms with Crippen molar-refractivity contribution in [3.8, 4) is 0 Å². The van der Waals surface area contributed by atoms with Gasteiger partial charge in [-0.25, -0.2) is 0 Å². The van der Waals surface area contributed by atoms with Gasteiger partial charge in [0.05, 0.1) is 12.6 Å². The fraction of sp³-hybridized carbons (Fsp3) is 0.429. The Hall–Kier alpha value is -2.22. The summed E-state index contributed by atoms with van der Waals surface area (Å²) >= 11 is 1.82. The van der Waals surface area contributed by atoms with E-state index < -0.39 is 11.5 Å². The molecule has 2 aromatic rings. The van der Waals surface area contributed by atoms with Crippen molar-refractivity contribution in [1.29, 1.82) is 0 Å². The Morgan fingerprint density at radius 2 is 1.54 bits per heavy atom. The number of carbonyl (C=O) groups is 2. The highest BCUT2D eigenvalue weighted by atomic mass is 32.2. The maximum absolute atomic E-state index is 12.9. The van der Waals surface area contributed by atoms with Crippen LogP contribution in [0.5, 0.6) is 0 Å². The van der Waals surface area contributed by atoms with Crippen LogP contribution in [0.1, 0.15) is 57.6 Å². The number of nitrogens with zero attached hydrogens (tertiary/aromatic N) is 1. The Kier molecular flexibility index (Phi) is 9.13. The molecule has 0 aromatic heterocycles. The van der Waals surface area contributed by atoms with Gasteiger partial charge in [0, 0.05) is 34.7 Å². The predicted molar refractivity (Wildman–Crippen MR) is 147 cm³/mol. The normalized spacial score (nSPS) is 16.1. The lowest BCUT2D eigenvalue weighted by Gasteiger charge is -2.32. The highest BCUT2D eigenvalue weighted by Gasteiger charge is 2.28. The molecule has 2 aliphatic rings. The first-order valence-corrected chi connectivity index (χ1v) is 12.9. The second-order valence-corrected chi connectivity index (χ2v) is 11.2. The van der Waals surface area contributed by atoms with Gasteiger partial charge in [-0.1, -0.05) is 74.5 Å². The number of aliphatic hydroxyl groups is 1. The van der Waals surface area contributed by atoms with E-state index in [1.807, 2.05) is 37.4 Å². The Labute approximate surface area is 219 Å². The van der Waals surface area contributed by atoms with Crippen molar-refractivity contribution in [3.05, 3.63) is 65.2 Å². The van der Waals surface area contributed by atoms with Gasteiger partial charge < -0.3 is 15.3 Å². The lowest BCUT2D eigenvalue weighted by molar-refractivity contribution is -0.133. The van der Waals surface area contributed by atoms with Crippen LogP contribution in [-0.2, 0) is 9.59 Å². The maximum atomic E-state index is 12.9. The quantitative estimate of drug-likeness (QED) is 0.505. The van der Waals surface area contributed by atoms with Gasteiger partial charge in [-0.05, 0) is 48.1 Å². The summed E-state index contributed by atoms with van der Waals surface area (Å²) in [6.07, 6.45) is 2.49. The molecule has 1 atom stereocenters. The first kappa shape index (κ1) is 27.4. The average Bonchev–Trinajstić information content (AvgIpc) is 2.84. The molecule has 1 fully saturated rings. The summed E-state index contributed by atoms with van der Waals surface area (Å²) in [6, 6.07) is 16.8. The minimum absolute atomic E-state index is 0. The molecule has 188 valence electrons. The zero-order valence-electron chi connectivity index (χ0n) is 20.8. The third kappa shape index (κ3) is 6.32. The maximum Gasteiger partial charge on any atom is 0.225 e. The van der Waals surface area contributed by atoms with Crippen LogP contribution < -0.4 is 5.32 Å². The molecule has 5 nitrogen and oxygen atoms in total. The number of likely N-dealkylation sites (tertiary alicyclic amines) is 1. The van der Waals surface area contributed by atoms with Gasteiger partial charge in [0.15, 0.2) is 0 Å². The molecule has 0 radical (unpaired) electrons. The van der Waals surface area contributed by atoms with E-state index in [9.17, 15) is 14.7 Å². The average molecular weight is 513 g/mol. The van der Waals surface area contributed by atoms with Crippen LogP contribution in [0.2, 0.25) is 0 Å². The molecule has 2 aliphatic heterocycles. The summed E-state index contributed by atoms with van der Waals surface area (Å²) in [5.74, 6) is -0.0213. The number of nitrogens with one attached hydrogen (secondary N) is 1. The number of aliphatic hydroxyl groups excluding tert-OH is 1. The van der Waals surface area contributed by atoms with Crippen molar-refractivity contribution in [2.24, 2.45) is 5.41 Å². The number of hydrogen-bond acceptors (Lipinski definition) is 4. The van der Waals surface area contributed by atoms with Gasteiger partial charge >= 0.3 is 0 Å². The highest BCUT2D eigenvalue weighted by molar-refractivity contribution is 7.99. The number of rotatable bonds is 5. The number of fused-ring (bicyclic) bond motifs is 2. The van der Waals surface area contributed by atoms with E-state index in [2.05, 4.69) is 53.8 Å². The topological polar surface area (TPSA) is 69.6 Å². The van der Waals surface area contributed by atoms with Crippen LogP contribution in [0.3, 0.4) is 0 Å². The monoisotopic (exact) mass is 512 g/mol. The van der Waals surface area contributed by atoms with Crippen LogP contribution in [0.25, 0.3) is 5.57 Å². The van der Waals surface area contributed by atoms with Gasteiger partial charge in [-0.2, -0.15) is 13.5 Å². The first-order chi connectivity index (χ1) is 16.3. The third-order valence-corrected chi connectivity index (χ3v) is 7.70. The zero-order valence-corrected chi connectivity index (χ0v) is 22.6. The van der Waals surface area contributed by atoms with Gasteiger partial charge in [-0.15, -0.1) is 0 Å². The van der Waals surface area contributed by atoms with Gasteiger partial charge in [-0.3, -0.25) is 9.59 Å². The second-order valence-electron chi connectivity index (χ2n) is 10.1. The first-order valence-electron chi connectivity index (χ1n) is 12.1. The number of hydrogen-bond donors (Lipinski definition) is 2. The van der Waals surface area contributed by atoms with E-state index in [0.29, 0.717) is 25.9 Å². The van der Waals surface area contributed by atoms with E-state index in [4.69, 9.17) is 0 Å². The fourth-order valence-corrected chi connectivity index (χ4v) is 5.60. The Balaban J connectivity index is 0.00000342. The lowest BCUT2D eigenvalue weighted by Crippen LogP contribution is -2.44.